The number of hydrogen-bond acceptors (Lipinski definition) is 5. The average Bonchev–Trinajstić information content (AvgIpc) is 2.38. The summed E-state index contributed by atoms with van der Waals surface area (Å²) in [7, 11) is 0. The van der Waals surface area contributed by atoms with E-state index in [9.17, 15) is 9.59 Å². The van der Waals surface area contributed by atoms with Gasteiger partial charge in [-0.15, -0.1) is 0 Å². The first-order chi connectivity index (χ1) is 9.63. The molecule has 0 atom stereocenters. The van der Waals surface area contributed by atoms with Crippen LogP contribution in [0.25, 0.3) is 0 Å². The molecule has 0 radical (unpaired) electrons. The molecule has 0 saturated carbocycles. The van der Waals surface area contributed by atoms with Crippen LogP contribution in [0.5, 0.6) is 0 Å². The molecule has 0 unspecified atom stereocenters. The van der Waals surface area contributed by atoms with Crippen LogP contribution in [0.4, 0.5) is 0 Å². The highest BCUT2D eigenvalue weighted by atomic mass is 32.1. The number of aromatic amines is 2. The van der Waals surface area contributed by atoms with E-state index < -0.39 is 0 Å². The first-order valence-corrected chi connectivity index (χ1v) is 6.09. The molecule has 8 heteroatoms. The molecule has 0 aliphatic carbocycles. The molecule has 102 valence electrons. The van der Waals surface area contributed by atoms with Crippen LogP contribution >= 0.6 is 12.2 Å². The molecule has 3 N–H and O–H groups in total. The summed E-state index contributed by atoms with van der Waals surface area (Å²) in [6.07, 6.45) is 4.74. The minimum Gasteiger partial charge on any atom is -0.335 e. The van der Waals surface area contributed by atoms with Crippen LogP contribution in [0.2, 0.25) is 0 Å². The van der Waals surface area contributed by atoms with Gasteiger partial charge in [0.2, 0.25) is 5.91 Å². The first-order valence-electron chi connectivity index (χ1n) is 5.68. The van der Waals surface area contributed by atoms with Crippen molar-refractivity contribution in [3.63, 3.8) is 0 Å². The molecule has 0 spiro atoms. The van der Waals surface area contributed by atoms with Gasteiger partial charge in [-0.2, -0.15) is 5.10 Å². The number of carbonyl (C=O) groups excluding carboxylic acids is 1. The zero-order valence-corrected chi connectivity index (χ0v) is 11.1. The van der Waals surface area contributed by atoms with Crippen LogP contribution < -0.4 is 11.0 Å². The summed E-state index contributed by atoms with van der Waals surface area (Å²) in [6.45, 7) is 0. The highest BCUT2D eigenvalue weighted by Gasteiger charge is 2.03. The molecule has 2 heterocycles. The number of hydrogen-bond donors (Lipinski definition) is 3. The van der Waals surface area contributed by atoms with E-state index in [1.807, 2.05) is 0 Å². The third kappa shape index (κ3) is 4.25. The number of nitrogens with one attached hydrogen (secondary N) is 3. The van der Waals surface area contributed by atoms with E-state index in [1.165, 1.54) is 12.3 Å². The number of carbonyl (C=O) groups is 1. The van der Waals surface area contributed by atoms with Crippen molar-refractivity contribution in [3.05, 3.63) is 57.0 Å². The highest BCUT2D eigenvalue weighted by Crippen LogP contribution is 1.92. The fourth-order valence-electron chi connectivity index (χ4n) is 1.46. The lowest BCUT2D eigenvalue weighted by atomic mass is 10.3. The Kier molecular flexibility index (Phi) is 4.51. The van der Waals surface area contributed by atoms with Crippen LogP contribution in [0, 0.1) is 4.77 Å². The second-order valence-electron chi connectivity index (χ2n) is 3.86. The standard InChI is InChI=1S/C12H11N5O2S/c18-10-5-9(15-12(20)16-10)6-11(19)17-14-7-8-1-3-13-4-2-8/h1-5,7H,6H2,(H,17,19)(H2,15,16,18,20)/b14-7-. The lowest BCUT2D eigenvalue weighted by Gasteiger charge is -2.00. The molecule has 0 fully saturated rings. The molecule has 2 rings (SSSR count). The van der Waals surface area contributed by atoms with Crippen molar-refractivity contribution in [2.75, 3.05) is 0 Å². The van der Waals surface area contributed by atoms with Gasteiger partial charge in [0, 0.05) is 24.2 Å². The Bertz CT molecular complexity index is 707. The molecule has 20 heavy (non-hydrogen) atoms. The van der Waals surface area contributed by atoms with Gasteiger partial charge < -0.3 is 4.98 Å². The van der Waals surface area contributed by atoms with Crippen LogP contribution in [0.3, 0.4) is 0 Å². The van der Waals surface area contributed by atoms with Gasteiger partial charge in [0.15, 0.2) is 4.77 Å². The van der Waals surface area contributed by atoms with E-state index in [4.69, 9.17) is 12.2 Å². The molecular formula is C12H11N5O2S. The van der Waals surface area contributed by atoms with Gasteiger partial charge in [-0.3, -0.25) is 19.6 Å². The fourth-order valence-corrected chi connectivity index (χ4v) is 1.69. The summed E-state index contributed by atoms with van der Waals surface area (Å²) < 4.78 is 0.181. The van der Waals surface area contributed by atoms with Gasteiger partial charge in [0.25, 0.3) is 5.56 Å². The Morgan fingerprint density at radius 2 is 2.15 bits per heavy atom. The quantitative estimate of drug-likeness (QED) is 0.433. The van der Waals surface area contributed by atoms with Crippen molar-refractivity contribution in [1.82, 2.24) is 20.4 Å². The maximum Gasteiger partial charge on any atom is 0.251 e. The minimum atomic E-state index is -0.355. The van der Waals surface area contributed by atoms with Gasteiger partial charge in [-0.1, -0.05) is 0 Å². The predicted octanol–water partition coefficient (Wildman–Crippen LogP) is 0.520. The third-order valence-electron chi connectivity index (χ3n) is 2.28. The Balaban J connectivity index is 1.94. The third-order valence-corrected chi connectivity index (χ3v) is 2.48. The van der Waals surface area contributed by atoms with Crippen LogP contribution in [0.1, 0.15) is 11.3 Å². The molecule has 0 bridgehead atoms. The number of rotatable bonds is 4. The molecular weight excluding hydrogens is 278 g/mol. The summed E-state index contributed by atoms with van der Waals surface area (Å²) in [5, 5.41) is 3.80. The lowest BCUT2D eigenvalue weighted by Crippen LogP contribution is -2.21. The van der Waals surface area contributed by atoms with E-state index in [0.29, 0.717) is 5.69 Å². The predicted molar refractivity (Wildman–Crippen MR) is 75.9 cm³/mol. The molecule has 0 aromatic carbocycles. The monoisotopic (exact) mass is 289 g/mol. The van der Waals surface area contributed by atoms with Gasteiger partial charge in [-0.05, 0) is 29.9 Å². The summed E-state index contributed by atoms with van der Waals surface area (Å²) in [5.41, 5.74) is 3.25. The number of hydrazone groups is 1. The number of H-pyrrole nitrogens is 2. The van der Waals surface area contributed by atoms with Crippen molar-refractivity contribution < 1.29 is 4.79 Å². The molecule has 0 aliphatic rings. The Labute approximate surface area is 118 Å². The van der Waals surface area contributed by atoms with Crippen molar-refractivity contribution in [3.8, 4) is 0 Å². The van der Waals surface area contributed by atoms with Gasteiger partial charge in [0.05, 0.1) is 12.6 Å². The maximum absolute atomic E-state index is 11.6. The van der Waals surface area contributed by atoms with E-state index in [2.05, 4.69) is 25.5 Å². The fraction of sp³-hybridized carbons (Fsp3) is 0.0833. The molecule has 7 nitrogen and oxygen atoms in total. The van der Waals surface area contributed by atoms with Gasteiger partial charge in [0.1, 0.15) is 0 Å². The Hall–Kier alpha value is -2.61. The topological polar surface area (TPSA) is 103 Å². The largest absolute Gasteiger partial charge is 0.335 e. The molecule has 0 saturated heterocycles. The summed E-state index contributed by atoms with van der Waals surface area (Å²) in [4.78, 5) is 31.8. The number of nitrogens with zero attached hydrogens (tertiary/aromatic N) is 2. The maximum atomic E-state index is 11.6. The molecule has 2 aromatic rings. The Morgan fingerprint density at radius 3 is 2.85 bits per heavy atom. The smallest absolute Gasteiger partial charge is 0.251 e. The zero-order valence-electron chi connectivity index (χ0n) is 10.3. The number of aromatic nitrogens is 3. The lowest BCUT2D eigenvalue weighted by molar-refractivity contribution is -0.120. The summed E-state index contributed by atoms with van der Waals surface area (Å²) in [6, 6.07) is 4.79. The number of pyridine rings is 1. The van der Waals surface area contributed by atoms with Gasteiger partial charge in [-0.25, -0.2) is 5.43 Å². The molecule has 0 aliphatic heterocycles. The summed E-state index contributed by atoms with van der Waals surface area (Å²) >= 11 is 4.81. The van der Waals surface area contributed by atoms with Crippen molar-refractivity contribution >= 4 is 24.3 Å². The summed E-state index contributed by atoms with van der Waals surface area (Å²) in [5.74, 6) is -0.355. The van der Waals surface area contributed by atoms with Crippen molar-refractivity contribution in [2.24, 2.45) is 5.10 Å². The SMILES string of the molecule is O=C(Cc1cc(=O)[nH]c(=S)[nH]1)N/N=C\c1ccncc1. The Morgan fingerprint density at radius 1 is 1.40 bits per heavy atom. The average molecular weight is 289 g/mol. The van der Waals surface area contributed by atoms with E-state index in [1.54, 1.807) is 24.5 Å². The van der Waals surface area contributed by atoms with E-state index in [0.717, 1.165) is 5.56 Å². The normalized spacial score (nSPS) is 10.6. The van der Waals surface area contributed by atoms with Gasteiger partial charge >= 0.3 is 0 Å². The van der Waals surface area contributed by atoms with Crippen molar-refractivity contribution in [1.29, 1.82) is 0 Å². The molecule has 1 amide bonds. The second-order valence-corrected chi connectivity index (χ2v) is 4.27. The second kappa shape index (κ2) is 6.53. The zero-order chi connectivity index (χ0) is 14.4. The van der Waals surface area contributed by atoms with E-state index in [-0.39, 0.29) is 22.7 Å². The van der Waals surface area contributed by atoms with Crippen molar-refractivity contribution in [2.45, 2.75) is 6.42 Å². The first kappa shape index (κ1) is 13.8. The molecule has 2 aromatic heterocycles. The number of amides is 1. The minimum absolute atomic E-state index is 0.0127. The van der Waals surface area contributed by atoms with Crippen LogP contribution in [-0.4, -0.2) is 27.1 Å². The van der Waals surface area contributed by atoms with E-state index >= 15 is 0 Å². The highest BCUT2D eigenvalue weighted by molar-refractivity contribution is 7.71. The van der Waals surface area contributed by atoms with Crippen LogP contribution in [-0.2, 0) is 11.2 Å². The van der Waals surface area contributed by atoms with Crippen LogP contribution in [0.15, 0.2) is 40.5 Å².